The standard InChI is InChI=1S/C17H16N4O3S2/c1-11-3-2-4-13(7-11)26(23,24)21-16(14-8-18-9-15(14)20-21)19-17(22)12-5-6-25-10-12/h2-7,10,18H,8-9H2,1H3,(H,19,22). The number of fused-ring (bicyclic) bond motifs is 1. The third kappa shape index (κ3) is 2.83. The van der Waals surface area contributed by atoms with Crippen LogP contribution in [0.5, 0.6) is 0 Å². The minimum absolute atomic E-state index is 0.137. The zero-order valence-electron chi connectivity index (χ0n) is 13.9. The van der Waals surface area contributed by atoms with Crippen LogP contribution in [-0.4, -0.2) is 23.5 Å². The van der Waals surface area contributed by atoms with Crippen LogP contribution in [0.15, 0.2) is 46.0 Å². The van der Waals surface area contributed by atoms with Crippen LogP contribution >= 0.6 is 11.3 Å². The summed E-state index contributed by atoms with van der Waals surface area (Å²) in [7, 11) is -3.92. The lowest BCUT2D eigenvalue weighted by molar-refractivity contribution is 0.102. The Morgan fingerprint density at radius 1 is 1.31 bits per heavy atom. The number of hydrogen-bond acceptors (Lipinski definition) is 6. The molecule has 2 N–H and O–H groups in total. The van der Waals surface area contributed by atoms with E-state index >= 15 is 0 Å². The van der Waals surface area contributed by atoms with Crippen molar-refractivity contribution in [2.45, 2.75) is 24.9 Å². The molecule has 1 aliphatic heterocycles. The first-order chi connectivity index (χ1) is 12.5. The van der Waals surface area contributed by atoms with Crippen LogP contribution < -0.4 is 10.6 Å². The van der Waals surface area contributed by atoms with Crippen LogP contribution in [0.1, 0.15) is 27.2 Å². The molecule has 0 aliphatic carbocycles. The molecular formula is C17H16N4O3S2. The maximum absolute atomic E-state index is 13.1. The lowest BCUT2D eigenvalue weighted by atomic mass is 10.2. The Bertz CT molecular complexity index is 1090. The molecule has 1 aliphatic rings. The van der Waals surface area contributed by atoms with Gasteiger partial charge in [-0.2, -0.15) is 24.9 Å². The minimum Gasteiger partial charge on any atom is -0.307 e. The second kappa shape index (κ2) is 6.35. The molecule has 0 saturated carbocycles. The second-order valence-electron chi connectivity index (χ2n) is 6.01. The number of aromatic nitrogens is 2. The first-order valence-corrected chi connectivity index (χ1v) is 10.3. The molecular weight excluding hydrogens is 372 g/mol. The van der Waals surface area contributed by atoms with Gasteiger partial charge in [0.2, 0.25) is 0 Å². The highest BCUT2D eigenvalue weighted by Gasteiger charge is 2.30. The number of benzene rings is 1. The normalized spacial score (nSPS) is 13.6. The third-order valence-corrected chi connectivity index (χ3v) is 6.41. The fraction of sp³-hybridized carbons (Fsp3) is 0.176. The van der Waals surface area contributed by atoms with Crippen LogP contribution in [-0.2, 0) is 23.1 Å². The highest BCUT2D eigenvalue weighted by molar-refractivity contribution is 7.90. The number of anilines is 1. The zero-order valence-corrected chi connectivity index (χ0v) is 15.5. The first-order valence-electron chi connectivity index (χ1n) is 7.94. The summed E-state index contributed by atoms with van der Waals surface area (Å²) in [6.45, 7) is 2.75. The molecule has 7 nitrogen and oxygen atoms in total. The van der Waals surface area contributed by atoms with E-state index in [0.29, 0.717) is 29.9 Å². The molecule has 1 aromatic carbocycles. The Balaban J connectivity index is 1.81. The molecule has 0 bridgehead atoms. The molecule has 4 rings (SSSR count). The summed E-state index contributed by atoms with van der Waals surface area (Å²) in [6, 6.07) is 8.31. The molecule has 0 fully saturated rings. The molecule has 3 aromatic rings. The van der Waals surface area contributed by atoms with Crippen molar-refractivity contribution < 1.29 is 13.2 Å². The molecule has 0 spiro atoms. The fourth-order valence-corrected chi connectivity index (χ4v) is 4.88. The van der Waals surface area contributed by atoms with Gasteiger partial charge in [0, 0.05) is 24.0 Å². The number of amides is 1. The quantitative estimate of drug-likeness (QED) is 0.716. The monoisotopic (exact) mass is 388 g/mol. The summed E-state index contributed by atoms with van der Waals surface area (Å²) in [5.74, 6) is -0.163. The van der Waals surface area contributed by atoms with Crippen molar-refractivity contribution in [3.8, 4) is 0 Å². The minimum atomic E-state index is -3.92. The summed E-state index contributed by atoms with van der Waals surface area (Å²) in [4.78, 5) is 12.6. The summed E-state index contributed by atoms with van der Waals surface area (Å²) in [6.07, 6.45) is 0. The molecule has 0 atom stereocenters. The smallest absolute Gasteiger partial charge is 0.284 e. The van der Waals surface area contributed by atoms with Crippen molar-refractivity contribution >= 4 is 33.1 Å². The van der Waals surface area contributed by atoms with Gasteiger partial charge in [0.25, 0.3) is 15.9 Å². The van der Waals surface area contributed by atoms with Gasteiger partial charge < -0.3 is 10.6 Å². The molecule has 134 valence electrons. The average molecular weight is 388 g/mol. The van der Waals surface area contributed by atoms with Gasteiger partial charge >= 0.3 is 0 Å². The predicted octanol–water partition coefficient (Wildman–Crippen LogP) is 2.35. The van der Waals surface area contributed by atoms with Gasteiger partial charge in [-0.25, -0.2) is 0 Å². The number of rotatable bonds is 4. The molecule has 26 heavy (non-hydrogen) atoms. The third-order valence-electron chi connectivity index (χ3n) is 4.16. The topological polar surface area (TPSA) is 93.1 Å². The van der Waals surface area contributed by atoms with Gasteiger partial charge in [-0.05, 0) is 36.1 Å². The van der Waals surface area contributed by atoms with Crippen molar-refractivity contribution in [2.24, 2.45) is 0 Å². The molecule has 0 unspecified atom stereocenters. The van der Waals surface area contributed by atoms with Crippen molar-refractivity contribution in [3.05, 3.63) is 63.5 Å². The second-order valence-corrected chi connectivity index (χ2v) is 8.56. The van der Waals surface area contributed by atoms with Crippen LogP contribution in [0.4, 0.5) is 5.82 Å². The zero-order chi connectivity index (χ0) is 18.3. The first kappa shape index (κ1) is 17.0. The summed E-state index contributed by atoms with van der Waals surface area (Å²) in [5.41, 5.74) is 2.64. The van der Waals surface area contributed by atoms with E-state index < -0.39 is 10.0 Å². The lowest BCUT2D eigenvalue weighted by Crippen LogP contribution is -2.22. The van der Waals surface area contributed by atoms with Crippen molar-refractivity contribution in [3.63, 3.8) is 0 Å². The Kier molecular flexibility index (Phi) is 4.14. The summed E-state index contributed by atoms with van der Waals surface area (Å²) >= 11 is 1.40. The van der Waals surface area contributed by atoms with E-state index in [9.17, 15) is 13.2 Å². The van der Waals surface area contributed by atoms with E-state index in [1.165, 1.54) is 17.4 Å². The van der Waals surface area contributed by atoms with Gasteiger partial charge in [0.05, 0.1) is 16.2 Å². The number of thiophene rings is 1. The molecule has 1 amide bonds. The number of aryl methyl sites for hydroxylation is 1. The van der Waals surface area contributed by atoms with Crippen molar-refractivity contribution in [1.29, 1.82) is 0 Å². The van der Waals surface area contributed by atoms with Crippen LogP contribution in [0.2, 0.25) is 0 Å². The number of hydrogen-bond donors (Lipinski definition) is 2. The van der Waals surface area contributed by atoms with Gasteiger partial charge in [0.1, 0.15) is 0 Å². The molecule has 9 heteroatoms. The number of carbonyl (C=O) groups excluding carboxylic acids is 1. The molecule has 3 heterocycles. The van der Waals surface area contributed by atoms with E-state index in [1.807, 2.05) is 13.0 Å². The Labute approximate surface area is 154 Å². The Morgan fingerprint density at radius 2 is 2.15 bits per heavy atom. The van der Waals surface area contributed by atoms with Crippen LogP contribution in [0, 0.1) is 6.92 Å². The largest absolute Gasteiger partial charge is 0.307 e. The Morgan fingerprint density at radius 3 is 2.88 bits per heavy atom. The van der Waals surface area contributed by atoms with Gasteiger partial charge in [-0.1, -0.05) is 12.1 Å². The van der Waals surface area contributed by atoms with E-state index in [1.54, 1.807) is 29.0 Å². The van der Waals surface area contributed by atoms with E-state index in [2.05, 4.69) is 15.7 Å². The lowest BCUT2D eigenvalue weighted by Gasteiger charge is -2.11. The van der Waals surface area contributed by atoms with Crippen LogP contribution in [0.3, 0.4) is 0 Å². The highest BCUT2D eigenvalue weighted by atomic mass is 32.2. The molecule has 2 aromatic heterocycles. The number of nitrogens with one attached hydrogen (secondary N) is 2. The van der Waals surface area contributed by atoms with Crippen LogP contribution in [0.25, 0.3) is 0 Å². The Hall–Kier alpha value is -2.49. The average Bonchev–Trinajstić information content (AvgIpc) is 3.33. The summed E-state index contributed by atoms with van der Waals surface area (Å²) < 4.78 is 27.2. The predicted molar refractivity (Wildman–Crippen MR) is 98.8 cm³/mol. The highest BCUT2D eigenvalue weighted by Crippen LogP contribution is 2.29. The van der Waals surface area contributed by atoms with E-state index in [-0.39, 0.29) is 16.6 Å². The number of nitrogens with zero attached hydrogens (tertiary/aromatic N) is 2. The molecule has 0 saturated heterocycles. The van der Waals surface area contributed by atoms with Crippen molar-refractivity contribution in [1.82, 2.24) is 14.5 Å². The summed E-state index contributed by atoms with van der Waals surface area (Å²) in [5, 5.41) is 13.6. The molecule has 0 radical (unpaired) electrons. The van der Waals surface area contributed by atoms with E-state index in [0.717, 1.165) is 9.65 Å². The van der Waals surface area contributed by atoms with Gasteiger partial charge in [-0.3, -0.25) is 4.79 Å². The maximum atomic E-state index is 13.1. The fourth-order valence-electron chi connectivity index (χ4n) is 2.85. The van der Waals surface area contributed by atoms with Gasteiger partial charge in [-0.15, -0.1) is 4.09 Å². The van der Waals surface area contributed by atoms with E-state index in [4.69, 9.17) is 0 Å². The SMILES string of the molecule is Cc1cccc(S(=O)(=O)n2nc3c(c2NC(=O)c2ccsc2)CNC3)c1. The number of carbonyl (C=O) groups is 1. The van der Waals surface area contributed by atoms with Crippen molar-refractivity contribution in [2.75, 3.05) is 5.32 Å². The van der Waals surface area contributed by atoms with Gasteiger partial charge in [0.15, 0.2) is 5.82 Å². The maximum Gasteiger partial charge on any atom is 0.284 e.